The highest BCUT2D eigenvalue weighted by atomic mass is 32.2. The minimum absolute atomic E-state index is 0.208. The number of sulfone groups is 1. The van der Waals surface area contributed by atoms with Crippen molar-refractivity contribution in [2.75, 3.05) is 11.8 Å². The lowest BCUT2D eigenvalue weighted by atomic mass is 10.0. The number of benzene rings is 2. The van der Waals surface area contributed by atoms with Gasteiger partial charge in [-0.05, 0) is 50.5 Å². The predicted octanol–water partition coefficient (Wildman–Crippen LogP) is 3.77. The fourth-order valence-corrected chi connectivity index (χ4v) is 6.27. The number of carbonyl (C=O) groups is 2. The Morgan fingerprint density at radius 1 is 1.02 bits per heavy atom. The zero-order chi connectivity index (χ0) is 30.2. The van der Waals surface area contributed by atoms with Gasteiger partial charge >= 0.3 is 6.09 Å². The van der Waals surface area contributed by atoms with Crippen molar-refractivity contribution in [3.05, 3.63) is 81.8 Å². The van der Waals surface area contributed by atoms with Crippen LogP contribution in [0.4, 0.5) is 10.5 Å². The van der Waals surface area contributed by atoms with Crippen molar-refractivity contribution in [2.45, 2.75) is 56.2 Å². The molecular weight excluding hydrogens is 589 g/mol. The van der Waals surface area contributed by atoms with Gasteiger partial charge in [0.15, 0.2) is 9.84 Å². The van der Waals surface area contributed by atoms with Gasteiger partial charge in [0.1, 0.15) is 16.8 Å². The molecule has 1 unspecified atom stereocenters. The normalized spacial score (nSPS) is 14.0. The molecule has 0 spiro atoms. The summed E-state index contributed by atoms with van der Waals surface area (Å²) in [5, 5.41) is 7.66. The first-order chi connectivity index (χ1) is 19.3. The zero-order valence-electron chi connectivity index (χ0n) is 23.1. The third-order valence-corrected chi connectivity index (χ3v) is 10.1. The highest BCUT2D eigenvalue weighted by molar-refractivity contribution is 7.92. The maximum Gasteiger partial charge on any atom is 0.407 e. The summed E-state index contributed by atoms with van der Waals surface area (Å²) in [6.45, 7) is 4.89. The minimum atomic E-state index is -3.48. The summed E-state index contributed by atoms with van der Waals surface area (Å²) in [7, 11) is -2.27. The van der Waals surface area contributed by atoms with Gasteiger partial charge in [0.25, 0.3) is 11.3 Å². The number of hydrogen-bond acceptors (Lipinski definition) is 8. The van der Waals surface area contributed by atoms with Crippen molar-refractivity contribution in [2.24, 2.45) is 0 Å². The van der Waals surface area contributed by atoms with E-state index in [1.807, 2.05) is 30.3 Å². The lowest BCUT2D eigenvalue weighted by molar-refractivity contribution is -0.123. The Balaban J connectivity index is 1.90. The summed E-state index contributed by atoms with van der Waals surface area (Å²) >= 11 is -1.03. The van der Waals surface area contributed by atoms with E-state index >= 15 is 0 Å². The Morgan fingerprint density at radius 3 is 2.24 bits per heavy atom. The second kappa shape index (κ2) is 14.0. The molecule has 0 aliphatic rings. The highest BCUT2D eigenvalue weighted by Crippen LogP contribution is 2.26. The first-order valence-corrected chi connectivity index (χ1v) is 16.2. The molecule has 4 N–H and O–H groups in total. The number of hydrogen-bond donors (Lipinski definition) is 4. The first-order valence-electron chi connectivity index (χ1n) is 12.6. The SMILES string of the molecule is COC(=O)N[C@@H](Cc1ccccc1)C(=O)N[C@@H](Cc1ccc(NS(=O)O)cc1)c1csc(CS(=O)(=O)C(C)(C)C)n1. The molecule has 222 valence electrons. The zero-order valence-corrected chi connectivity index (χ0v) is 25.6. The van der Waals surface area contributed by atoms with E-state index in [1.165, 1.54) is 18.4 Å². The van der Waals surface area contributed by atoms with Crippen LogP contribution >= 0.6 is 11.3 Å². The van der Waals surface area contributed by atoms with E-state index in [4.69, 9.17) is 9.29 Å². The summed E-state index contributed by atoms with van der Waals surface area (Å²) in [4.78, 5) is 30.2. The fourth-order valence-electron chi connectivity index (χ4n) is 3.74. The predicted molar refractivity (Wildman–Crippen MR) is 159 cm³/mol. The monoisotopic (exact) mass is 622 g/mol. The molecule has 3 atom stereocenters. The van der Waals surface area contributed by atoms with Crippen molar-refractivity contribution in [1.29, 1.82) is 0 Å². The van der Waals surface area contributed by atoms with Gasteiger partial charge in [-0.15, -0.1) is 11.3 Å². The van der Waals surface area contributed by atoms with Crippen LogP contribution in [0.15, 0.2) is 60.0 Å². The lowest BCUT2D eigenvalue weighted by Gasteiger charge is -2.23. The van der Waals surface area contributed by atoms with Crippen LogP contribution < -0.4 is 15.4 Å². The quantitative estimate of drug-likeness (QED) is 0.222. The summed E-state index contributed by atoms with van der Waals surface area (Å²) in [5.41, 5.74) is 2.51. The van der Waals surface area contributed by atoms with Crippen LogP contribution in [-0.2, 0) is 49.2 Å². The van der Waals surface area contributed by atoms with Crippen LogP contribution in [0.5, 0.6) is 0 Å². The molecule has 0 aliphatic heterocycles. The van der Waals surface area contributed by atoms with E-state index in [2.05, 4.69) is 20.3 Å². The molecule has 2 aromatic carbocycles. The van der Waals surface area contributed by atoms with E-state index in [-0.39, 0.29) is 18.6 Å². The molecule has 0 fully saturated rings. The average molecular weight is 623 g/mol. The molecule has 0 saturated carbocycles. The molecule has 41 heavy (non-hydrogen) atoms. The number of aromatic nitrogens is 1. The standard InChI is InChI=1S/C27H34N4O7S3/c1-27(2,3)41(36,37)17-24-28-23(16-39-24)21(14-19-10-12-20(13-11-19)31-40(34)35)29-25(32)22(30-26(33)38-4)15-18-8-6-5-7-9-18/h5-13,16,21-22,31H,14-15,17H2,1-4H3,(H,29,32)(H,30,33)(H,34,35)/t21-,22-/m0/s1. The van der Waals surface area contributed by atoms with Crippen LogP contribution in [0, 0.1) is 0 Å². The van der Waals surface area contributed by atoms with Gasteiger partial charge in [-0.25, -0.2) is 22.4 Å². The molecule has 11 nitrogen and oxygen atoms in total. The number of thiazole rings is 1. The molecule has 0 aliphatic carbocycles. The third-order valence-electron chi connectivity index (χ3n) is 6.17. The number of nitrogens with zero attached hydrogens (tertiary/aromatic N) is 1. The first kappa shape index (κ1) is 32.2. The number of alkyl carbamates (subject to hydrolysis) is 1. The third kappa shape index (κ3) is 9.63. The highest BCUT2D eigenvalue weighted by Gasteiger charge is 2.31. The Bertz CT molecular complexity index is 1450. The molecule has 14 heteroatoms. The Morgan fingerprint density at radius 2 is 1.66 bits per heavy atom. The van der Waals surface area contributed by atoms with Crippen molar-refractivity contribution in [3.63, 3.8) is 0 Å². The molecule has 0 radical (unpaired) electrons. The largest absolute Gasteiger partial charge is 0.453 e. The van der Waals surface area contributed by atoms with Crippen LogP contribution in [0.25, 0.3) is 0 Å². The number of rotatable bonds is 12. The molecule has 3 aromatic rings. The number of methoxy groups -OCH3 is 1. The van der Waals surface area contributed by atoms with E-state index in [1.54, 1.807) is 50.4 Å². The topological polar surface area (TPSA) is 164 Å². The Kier molecular flexibility index (Phi) is 11.0. The molecule has 0 bridgehead atoms. The summed E-state index contributed by atoms with van der Waals surface area (Å²) in [5.74, 6) is -0.712. The van der Waals surface area contributed by atoms with Crippen molar-refractivity contribution in [1.82, 2.24) is 15.6 Å². The molecule has 1 aromatic heterocycles. The van der Waals surface area contributed by atoms with E-state index in [9.17, 15) is 22.2 Å². The van der Waals surface area contributed by atoms with Crippen LogP contribution in [0.1, 0.15) is 48.6 Å². The van der Waals surface area contributed by atoms with Gasteiger partial charge in [-0.1, -0.05) is 42.5 Å². The smallest absolute Gasteiger partial charge is 0.407 e. The molecule has 0 saturated heterocycles. The van der Waals surface area contributed by atoms with Gasteiger partial charge in [-0.3, -0.25) is 14.1 Å². The maximum atomic E-state index is 13.5. The van der Waals surface area contributed by atoms with Gasteiger partial charge < -0.3 is 15.4 Å². The fraction of sp³-hybridized carbons (Fsp3) is 0.370. The Hall–Kier alpha value is -3.33. The van der Waals surface area contributed by atoms with Gasteiger partial charge in [0, 0.05) is 17.5 Å². The molecular formula is C27H34N4O7S3. The number of nitrogens with one attached hydrogen (secondary N) is 3. The van der Waals surface area contributed by atoms with Gasteiger partial charge in [0.05, 0.1) is 23.6 Å². The summed E-state index contributed by atoms with van der Waals surface area (Å²) in [6, 6.07) is 14.3. The van der Waals surface area contributed by atoms with Crippen molar-refractivity contribution in [3.8, 4) is 0 Å². The lowest BCUT2D eigenvalue weighted by Crippen LogP contribution is -2.49. The summed E-state index contributed by atoms with van der Waals surface area (Å²) in [6.07, 6.45) is -0.274. The molecule has 1 heterocycles. The van der Waals surface area contributed by atoms with Gasteiger partial charge in [0.2, 0.25) is 5.91 Å². The minimum Gasteiger partial charge on any atom is -0.453 e. The van der Waals surface area contributed by atoms with E-state index in [0.29, 0.717) is 16.4 Å². The van der Waals surface area contributed by atoms with Crippen molar-refractivity contribution < 1.29 is 31.5 Å². The Labute approximate surface area is 246 Å². The van der Waals surface area contributed by atoms with Crippen molar-refractivity contribution >= 4 is 50.1 Å². The number of ether oxygens (including phenoxy) is 1. The second-order valence-electron chi connectivity index (χ2n) is 10.2. The molecule has 3 rings (SSSR count). The molecule has 2 amide bonds. The summed E-state index contributed by atoms with van der Waals surface area (Å²) < 4.78 is 51.8. The van der Waals surface area contributed by atoms with Crippen LogP contribution in [0.2, 0.25) is 0 Å². The average Bonchev–Trinajstić information content (AvgIpc) is 3.36. The van der Waals surface area contributed by atoms with E-state index in [0.717, 1.165) is 11.1 Å². The van der Waals surface area contributed by atoms with Gasteiger partial charge in [-0.2, -0.15) is 0 Å². The maximum absolute atomic E-state index is 13.5. The number of carbonyl (C=O) groups excluding carboxylic acids is 2. The number of amides is 2. The van der Waals surface area contributed by atoms with Crippen LogP contribution in [0.3, 0.4) is 0 Å². The van der Waals surface area contributed by atoms with E-state index < -0.39 is 49.9 Å². The second-order valence-corrected chi connectivity index (χ2v) is 14.6. The number of anilines is 1. The van der Waals surface area contributed by atoms with Crippen LogP contribution in [-0.4, -0.2) is 52.1 Å².